The molecular weight excluding hydrogens is 236 g/mol. The molecule has 1 aromatic rings. The number of hydrogen-bond donors (Lipinski definition) is 2. The van der Waals surface area contributed by atoms with E-state index < -0.39 is 0 Å². The van der Waals surface area contributed by atoms with E-state index >= 15 is 0 Å². The van der Waals surface area contributed by atoms with Crippen LogP contribution in [0.4, 0.5) is 0 Å². The molecule has 2 N–H and O–H groups in total. The van der Waals surface area contributed by atoms with Crippen LogP contribution in [0, 0.1) is 0 Å². The number of carbonyl (C=O) groups excluding carboxylic acids is 1. The van der Waals surface area contributed by atoms with Crippen LogP contribution in [0.3, 0.4) is 0 Å². The Morgan fingerprint density at radius 3 is 2.58 bits per heavy atom. The Hall–Kier alpha value is -1.35. The van der Waals surface area contributed by atoms with E-state index in [1.807, 2.05) is 18.2 Å². The third-order valence-electron chi connectivity index (χ3n) is 3.72. The van der Waals surface area contributed by atoms with Crippen LogP contribution in [0.1, 0.15) is 37.7 Å². The van der Waals surface area contributed by atoms with Crippen molar-refractivity contribution in [2.45, 2.75) is 44.6 Å². The van der Waals surface area contributed by atoms with Crippen LogP contribution in [0.25, 0.3) is 0 Å². The molecule has 3 nitrogen and oxygen atoms in total. The summed E-state index contributed by atoms with van der Waals surface area (Å²) in [7, 11) is 0. The van der Waals surface area contributed by atoms with E-state index in [1.165, 1.54) is 31.2 Å². The topological polar surface area (TPSA) is 41.1 Å². The fourth-order valence-corrected chi connectivity index (χ4v) is 2.60. The fourth-order valence-electron chi connectivity index (χ4n) is 2.60. The van der Waals surface area contributed by atoms with Gasteiger partial charge in [0.15, 0.2) is 0 Å². The Bertz CT molecular complexity index is 372. The minimum atomic E-state index is 0.154. The minimum absolute atomic E-state index is 0.154. The number of hydrogen-bond acceptors (Lipinski definition) is 2. The maximum absolute atomic E-state index is 11.7. The number of amides is 1. The van der Waals surface area contributed by atoms with Crippen molar-refractivity contribution in [3.63, 3.8) is 0 Å². The maximum Gasteiger partial charge on any atom is 0.221 e. The number of nitrogens with one attached hydrogen (secondary N) is 2. The molecule has 1 aromatic carbocycles. The Kier molecular flexibility index (Phi) is 5.89. The van der Waals surface area contributed by atoms with Gasteiger partial charge in [0.1, 0.15) is 0 Å². The zero-order chi connectivity index (χ0) is 13.3. The first-order valence-electron chi connectivity index (χ1n) is 7.38. The van der Waals surface area contributed by atoms with Gasteiger partial charge in [-0.05, 0) is 24.8 Å². The average Bonchev–Trinajstić information content (AvgIpc) is 2.93. The van der Waals surface area contributed by atoms with Gasteiger partial charge >= 0.3 is 0 Å². The third-order valence-corrected chi connectivity index (χ3v) is 3.72. The number of rotatable bonds is 7. The molecule has 19 heavy (non-hydrogen) atoms. The second kappa shape index (κ2) is 7.95. The predicted octanol–water partition coefficient (Wildman–Crippen LogP) is 2.27. The summed E-state index contributed by atoms with van der Waals surface area (Å²) in [6.45, 7) is 1.54. The first-order valence-corrected chi connectivity index (χ1v) is 7.38. The highest BCUT2D eigenvalue weighted by Crippen LogP contribution is 2.17. The lowest BCUT2D eigenvalue weighted by molar-refractivity contribution is -0.120. The molecule has 1 saturated carbocycles. The lowest BCUT2D eigenvalue weighted by Crippen LogP contribution is -2.32. The largest absolute Gasteiger partial charge is 0.356 e. The van der Waals surface area contributed by atoms with E-state index in [4.69, 9.17) is 0 Å². The molecular formula is C16H24N2O. The summed E-state index contributed by atoms with van der Waals surface area (Å²) >= 11 is 0. The van der Waals surface area contributed by atoms with Crippen molar-refractivity contribution in [1.29, 1.82) is 0 Å². The molecule has 0 saturated heterocycles. The molecule has 1 aliphatic carbocycles. The van der Waals surface area contributed by atoms with Gasteiger partial charge < -0.3 is 10.6 Å². The molecule has 0 bridgehead atoms. The molecule has 0 unspecified atom stereocenters. The zero-order valence-corrected chi connectivity index (χ0v) is 11.5. The lowest BCUT2D eigenvalue weighted by atomic mass is 10.1. The van der Waals surface area contributed by atoms with Gasteiger partial charge in [-0.3, -0.25) is 4.79 Å². The summed E-state index contributed by atoms with van der Waals surface area (Å²) in [5.41, 5.74) is 1.27. The molecule has 0 heterocycles. The molecule has 0 aromatic heterocycles. The average molecular weight is 260 g/mol. The summed E-state index contributed by atoms with van der Waals surface area (Å²) in [6, 6.07) is 10.9. The highest BCUT2D eigenvalue weighted by Gasteiger charge is 2.13. The smallest absolute Gasteiger partial charge is 0.221 e. The molecule has 2 rings (SSSR count). The summed E-state index contributed by atoms with van der Waals surface area (Å²) in [6.07, 6.45) is 6.71. The highest BCUT2D eigenvalue weighted by atomic mass is 16.1. The van der Waals surface area contributed by atoms with Crippen LogP contribution < -0.4 is 10.6 Å². The Morgan fingerprint density at radius 1 is 1.11 bits per heavy atom. The van der Waals surface area contributed by atoms with Crippen molar-refractivity contribution in [2.75, 3.05) is 13.1 Å². The van der Waals surface area contributed by atoms with E-state index in [-0.39, 0.29) is 5.91 Å². The lowest BCUT2D eigenvalue weighted by Gasteiger charge is -2.11. The number of benzene rings is 1. The van der Waals surface area contributed by atoms with Gasteiger partial charge in [0.2, 0.25) is 5.91 Å². The maximum atomic E-state index is 11.7. The van der Waals surface area contributed by atoms with Crippen LogP contribution in [0.15, 0.2) is 30.3 Å². The van der Waals surface area contributed by atoms with Gasteiger partial charge in [0.25, 0.3) is 0 Å². The van der Waals surface area contributed by atoms with E-state index in [9.17, 15) is 4.79 Å². The molecule has 3 heteroatoms. The van der Waals surface area contributed by atoms with Crippen molar-refractivity contribution in [1.82, 2.24) is 10.6 Å². The molecule has 0 spiro atoms. The summed E-state index contributed by atoms with van der Waals surface area (Å²) in [5, 5.41) is 6.44. The fraction of sp³-hybridized carbons (Fsp3) is 0.562. The minimum Gasteiger partial charge on any atom is -0.356 e. The van der Waals surface area contributed by atoms with E-state index in [1.54, 1.807) is 0 Å². The van der Waals surface area contributed by atoms with Gasteiger partial charge in [0, 0.05) is 25.6 Å². The normalized spacial score (nSPS) is 15.6. The van der Waals surface area contributed by atoms with E-state index in [0.717, 1.165) is 19.5 Å². The molecule has 104 valence electrons. The first-order chi connectivity index (χ1) is 9.34. The molecule has 0 aliphatic heterocycles. The second-order valence-electron chi connectivity index (χ2n) is 5.27. The standard InChI is InChI=1S/C16H24N2O/c19-16(11-13-17-15-8-4-5-9-15)18-12-10-14-6-2-1-3-7-14/h1-3,6-7,15,17H,4-5,8-13H2,(H,18,19). The van der Waals surface area contributed by atoms with Crippen LogP contribution in [-0.4, -0.2) is 25.0 Å². The quantitative estimate of drug-likeness (QED) is 0.789. The van der Waals surface area contributed by atoms with Gasteiger partial charge in [-0.1, -0.05) is 43.2 Å². The van der Waals surface area contributed by atoms with Gasteiger partial charge in [-0.15, -0.1) is 0 Å². The van der Waals surface area contributed by atoms with Crippen molar-refractivity contribution in [3.8, 4) is 0 Å². The van der Waals surface area contributed by atoms with E-state index in [0.29, 0.717) is 12.5 Å². The van der Waals surface area contributed by atoms with E-state index in [2.05, 4.69) is 22.8 Å². The Balaban J connectivity index is 1.52. The van der Waals surface area contributed by atoms with Gasteiger partial charge in [-0.2, -0.15) is 0 Å². The third kappa shape index (κ3) is 5.43. The Morgan fingerprint density at radius 2 is 1.84 bits per heavy atom. The van der Waals surface area contributed by atoms with Crippen LogP contribution >= 0.6 is 0 Å². The van der Waals surface area contributed by atoms with Crippen molar-refractivity contribution < 1.29 is 4.79 Å². The second-order valence-corrected chi connectivity index (χ2v) is 5.27. The molecule has 0 radical (unpaired) electrons. The van der Waals surface area contributed by atoms with Crippen LogP contribution in [-0.2, 0) is 11.2 Å². The van der Waals surface area contributed by atoms with Crippen molar-refractivity contribution in [3.05, 3.63) is 35.9 Å². The first kappa shape index (κ1) is 14.1. The number of carbonyl (C=O) groups is 1. The van der Waals surface area contributed by atoms with Crippen LogP contribution in [0.5, 0.6) is 0 Å². The van der Waals surface area contributed by atoms with Crippen molar-refractivity contribution >= 4 is 5.91 Å². The molecule has 0 atom stereocenters. The molecule has 1 amide bonds. The monoisotopic (exact) mass is 260 g/mol. The highest BCUT2D eigenvalue weighted by molar-refractivity contribution is 5.76. The van der Waals surface area contributed by atoms with Gasteiger partial charge in [-0.25, -0.2) is 0 Å². The summed E-state index contributed by atoms with van der Waals surface area (Å²) in [5.74, 6) is 0.154. The predicted molar refractivity (Wildman–Crippen MR) is 78.0 cm³/mol. The zero-order valence-electron chi connectivity index (χ0n) is 11.5. The molecule has 1 fully saturated rings. The SMILES string of the molecule is O=C(CCNC1CCCC1)NCCc1ccccc1. The van der Waals surface area contributed by atoms with Crippen LogP contribution in [0.2, 0.25) is 0 Å². The summed E-state index contributed by atoms with van der Waals surface area (Å²) in [4.78, 5) is 11.7. The van der Waals surface area contributed by atoms with Gasteiger partial charge in [0.05, 0.1) is 0 Å². The van der Waals surface area contributed by atoms with Crippen molar-refractivity contribution in [2.24, 2.45) is 0 Å². The Labute approximate surface area is 115 Å². The summed E-state index contributed by atoms with van der Waals surface area (Å²) < 4.78 is 0. The molecule has 1 aliphatic rings.